The molecule has 0 radical (unpaired) electrons. The van der Waals surface area contributed by atoms with Crippen LogP contribution in [0.4, 0.5) is 5.95 Å². The molecule has 0 saturated carbocycles. The molecule has 1 aromatic heterocycles. The minimum atomic E-state index is 0.203. The Morgan fingerprint density at radius 3 is 2.80 bits per heavy atom. The monoisotopic (exact) mass is 209 g/mol. The Morgan fingerprint density at radius 1 is 1.47 bits per heavy atom. The zero-order chi connectivity index (χ0) is 11.3. The summed E-state index contributed by atoms with van der Waals surface area (Å²) in [6.45, 7) is 6.13. The molecule has 0 fully saturated rings. The van der Waals surface area contributed by atoms with E-state index in [0.717, 1.165) is 18.5 Å². The van der Waals surface area contributed by atoms with Gasteiger partial charge in [0.05, 0.1) is 6.10 Å². The zero-order valence-electron chi connectivity index (χ0n) is 9.87. The Morgan fingerprint density at radius 2 is 2.20 bits per heavy atom. The first-order valence-electron chi connectivity index (χ1n) is 5.35. The number of rotatable bonds is 5. The summed E-state index contributed by atoms with van der Waals surface area (Å²) in [6, 6.07) is 1.85. The summed E-state index contributed by atoms with van der Waals surface area (Å²) in [6.07, 6.45) is 2.36. The van der Waals surface area contributed by atoms with Crippen molar-refractivity contribution in [1.29, 1.82) is 0 Å². The van der Waals surface area contributed by atoms with E-state index < -0.39 is 0 Å². The van der Waals surface area contributed by atoms with E-state index in [0.29, 0.717) is 11.8 Å². The van der Waals surface area contributed by atoms with Crippen molar-refractivity contribution in [2.24, 2.45) is 0 Å². The largest absolute Gasteiger partial charge is 0.475 e. The highest BCUT2D eigenvalue weighted by atomic mass is 16.5. The standard InChI is InChI=1S/C11H19N3O/c1-5-6-9(3)15-10-7-8(2)13-11(12-4)14-10/h7,9H,5-6H2,1-4H3,(H,12,13,14). The van der Waals surface area contributed by atoms with Crippen LogP contribution >= 0.6 is 0 Å². The lowest BCUT2D eigenvalue weighted by Gasteiger charge is -2.13. The molecule has 0 aromatic carbocycles. The molecule has 1 N–H and O–H groups in total. The fourth-order valence-electron chi connectivity index (χ4n) is 1.38. The van der Waals surface area contributed by atoms with E-state index in [2.05, 4.69) is 29.1 Å². The highest BCUT2D eigenvalue weighted by Gasteiger charge is 2.06. The minimum absolute atomic E-state index is 0.203. The molecule has 0 aliphatic rings. The van der Waals surface area contributed by atoms with Crippen LogP contribution in [-0.4, -0.2) is 23.1 Å². The lowest BCUT2D eigenvalue weighted by atomic mass is 10.2. The number of hydrogen-bond acceptors (Lipinski definition) is 4. The van der Waals surface area contributed by atoms with Crippen molar-refractivity contribution in [3.8, 4) is 5.88 Å². The number of aryl methyl sites for hydroxylation is 1. The Balaban J connectivity index is 2.71. The molecular formula is C11H19N3O. The molecule has 1 atom stereocenters. The molecule has 1 unspecified atom stereocenters. The van der Waals surface area contributed by atoms with Gasteiger partial charge in [0.2, 0.25) is 11.8 Å². The van der Waals surface area contributed by atoms with Crippen LogP contribution in [0.1, 0.15) is 32.4 Å². The van der Waals surface area contributed by atoms with Gasteiger partial charge < -0.3 is 10.1 Å². The van der Waals surface area contributed by atoms with Gasteiger partial charge in [0, 0.05) is 18.8 Å². The maximum absolute atomic E-state index is 5.69. The molecular weight excluding hydrogens is 190 g/mol. The molecule has 0 aliphatic carbocycles. The summed E-state index contributed by atoms with van der Waals surface area (Å²) >= 11 is 0. The molecule has 15 heavy (non-hydrogen) atoms. The van der Waals surface area contributed by atoms with Gasteiger partial charge in [-0.05, 0) is 20.3 Å². The van der Waals surface area contributed by atoms with Gasteiger partial charge in [0.15, 0.2) is 0 Å². The molecule has 1 rings (SSSR count). The molecule has 1 aromatic rings. The summed E-state index contributed by atoms with van der Waals surface area (Å²) in [7, 11) is 1.80. The van der Waals surface area contributed by atoms with Gasteiger partial charge in [-0.2, -0.15) is 4.98 Å². The molecule has 84 valence electrons. The fourth-order valence-corrected chi connectivity index (χ4v) is 1.38. The van der Waals surface area contributed by atoms with Gasteiger partial charge in [-0.25, -0.2) is 4.98 Å². The number of nitrogens with one attached hydrogen (secondary N) is 1. The SMILES string of the molecule is CCCC(C)Oc1cc(C)nc(NC)n1. The van der Waals surface area contributed by atoms with Crippen LogP contribution in [0.5, 0.6) is 5.88 Å². The predicted molar refractivity (Wildman–Crippen MR) is 61.3 cm³/mol. The average Bonchev–Trinajstić information content (AvgIpc) is 2.17. The second-order valence-electron chi connectivity index (χ2n) is 3.64. The smallest absolute Gasteiger partial charge is 0.225 e. The van der Waals surface area contributed by atoms with Gasteiger partial charge in [-0.15, -0.1) is 0 Å². The van der Waals surface area contributed by atoms with Crippen LogP contribution in [0.3, 0.4) is 0 Å². The first-order chi connectivity index (χ1) is 7.15. The lowest BCUT2D eigenvalue weighted by Crippen LogP contribution is -2.13. The van der Waals surface area contributed by atoms with Crippen LogP contribution in [0.25, 0.3) is 0 Å². The first kappa shape index (κ1) is 11.8. The quantitative estimate of drug-likeness (QED) is 0.809. The van der Waals surface area contributed by atoms with Crippen LogP contribution in [0, 0.1) is 6.92 Å². The maximum atomic E-state index is 5.69. The summed E-state index contributed by atoms with van der Waals surface area (Å²) < 4.78 is 5.69. The number of nitrogens with zero attached hydrogens (tertiary/aromatic N) is 2. The number of ether oxygens (including phenoxy) is 1. The molecule has 0 amide bonds. The van der Waals surface area contributed by atoms with Gasteiger partial charge in [0.25, 0.3) is 0 Å². The van der Waals surface area contributed by atoms with Crippen molar-refractivity contribution in [3.05, 3.63) is 11.8 Å². The summed E-state index contributed by atoms with van der Waals surface area (Å²) in [5.74, 6) is 1.25. The Bertz CT molecular complexity index is 315. The van der Waals surface area contributed by atoms with E-state index in [1.54, 1.807) is 7.05 Å². The summed E-state index contributed by atoms with van der Waals surface area (Å²) in [5, 5.41) is 2.91. The van der Waals surface area contributed by atoms with E-state index in [9.17, 15) is 0 Å². The molecule has 0 aliphatic heterocycles. The lowest BCUT2D eigenvalue weighted by molar-refractivity contribution is 0.201. The van der Waals surface area contributed by atoms with Crippen LogP contribution in [0.2, 0.25) is 0 Å². The molecule has 4 nitrogen and oxygen atoms in total. The predicted octanol–water partition coefficient (Wildman–Crippen LogP) is 2.39. The molecule has 0 saturated heterocycles. The molecule has 0 bridgehead atoms. The zero-order valence-corrected chi connectivity index (χ0v) is 9.87. The van der Waals surface area contributed by atoms with Crippen molar-refractivity contribution in [3.63, 3.8) is 0 Å². The van der Waals surface area contributed by atoms with E-state index >= 15 is 0 Å². The minimum Gasteiger partial charge on any atom is -0.475 e. The second-order valence-corrected chi connectivity index (χ2v) is 3.64. The Kier molecular flexibility index (Phi) is 4.34. The van der Waals surface area contributed by atoms with Gasteiger partial charge in [0.1, 0.15) is 0 Å². The Labute approximate surface area is 91.1 Å². The van der Waals surface area contributed by atoms with Gasteiger partial charge in [-0.3, -0.25) is 0 Å². The number of anilines is 1. The van der Waals surface area contributed by atoms with Crippen LogP contribution in [0.15, 0.2) is 6.07 Å². The summed E-state index contributed by atoms with van der Waals surface area (Å²) in [4.78, 5) is 8.43. The van der Waals surface area contributed by atoms with Crippen molar-refractivity contribution in [2.75, 3.05) is 12.4 Å². The van der Waals surface area contributed by atoms with Crippen LogP contribution in [-0.2, 0) is 0 Å². The summed E-state index contributed by atoms with van der Waals surface area (Å²) in [5.41, 5.74) is 0.910. The number of aromatic nitrogens is 2. The van der Waals surface area contributed by atoms with Crippen LogP contribution < -0.4 is 10.1 Å². The normalized spacial score (nSPS) is 12.3. The van der Waals surface area contributed by atoms with E-state index in [4.69, 9.17) is 4.74 Å². The molecule has 1 heterocycles. The third kappa shape index (κ3) is 3.73. The number of hydrogen-bond donors (Lipinski definition) is 1. The second kappa shape index (κ2) is 5.53. The third-order valence-electron chi connectivity index (χ3n) is 2.07. The topological polar surface area (TPSA) is 47.0 Å². The van der Waals surface area contributed by atoms with Gasteiger partial charge >= 0.3 is 0 Å². The van der Waals surface area contributed by atoms with E-state index in [1.807, 2.05) is 13.0 Å². The molecule has 0 spiro atoms. The third-order valence-corrected chi connectivity index (χ3v) is 2.07. The maximum Gasteiger partial charge on any atom is 0.225 e. The van der Waals surface area contributed by atoms with Crippen molar-refractivity contribution in [2.45, 2.75) is 39.7 Å². The van der Waals surface area contributed by atoms with E-state index in [1.165, 1.54) is 0 Å². The highest BCUT2D eigenvalue weighted by molar-refractivity contribution is 5.29. The van der Waals surface area contributed by atoms with Crippen molar-refractivity contribution >= 4 is 5.95 Å². The van der Waals surface area contributed by atoms with Crippen molar-refractivity contribution < 1.29 is 4.74 Å². The Hall–Kier alpha value is -1.32. The first-order valence-corrected chi connectivity index (χ1v) is 5.35. The van der Waals surface area contributed by atoms with Gasteiger partial charge in [-0.1, -0.05) is 13.3 Å². The fraction of sp³-hybridized carbons (Fsp3) is 0.636. The molecule has 4 heteroatoms. The van der Waals surface area contributed by atoms with Crippen molar-refractivity contribution in [1.82, 2.24) is 9.97 Å². The average molecular weight is 209 g/mol. The highest BCUT2D eigenvalue weighted by Crippen LogP contribution is 2.14. The van der Waals surface area contributed by atoms with E-state index in [-0.39, 0.29) is 6.10 Å².